The van der Waals surface area contributed by atoms with Gasteiger partial charge in [-0.1, -0.05) is 42.0 Å². The fourth-order valence-corrected chi connectivity index (χ4v) is 3.02. The standard InChI is InChI=1S/C23H25N3O3/c1-3-29-21(27)13-8-14-24-23(28)20-16-26(19-11-5-4-6-12-19)25-22(20)18-10-7-9-17(2)15-18/h4-7,9-12,15-16H,3,8,13-14H2,1-2H3,(H,24,28). The number of amides is 1. The van der Waals surface area contributed by atoms with Crippen LogP contribution in [-0.2, 0) is 9.53 Å². The van der Waals surface area contributed by atoms with Gasteiger partial charge in [0, 0.05) is 24.7 Å². The number of ether oxygens (including phenoxy) is 1. The monoisotopic (exact) mass is 391 g/mol. The van der Waals surface area contributed by atoms with Crippen molar-refractivity contribution in [3.8, 4) is 16.9 Å². The first kappa shape index (κ1) is 20.3. The molecule has 3 aromatic rings. The number of para-hydroxylation sites is 1. The van der Waals surface area contributed by atoms with Gasteiger partial charge in [-0.2, -0.15) is 5.10 Å². The molecule has 0 saturated carbocycles. The molecular weight excluding hydrogens is 366 g/mol. The van der Waals surface area contributed by atoms with E-state index in [1.54, 1.807) is 17.8 Å². The van der Waals surface area contributed by atoms with E-state index in [1.165, 1.54) is 0 Å². The molecule has 6 heteroatoms. The van der Waals surface area contributed by atoms with E-state index in [9.17, 15) is 9.59 Å². The smallest absolute Gasteiger partial charge is 0.305 e. The lowest BCUT2D eigenvalue weighted by atomic mass is 10.1. The molecular formula is C23H25N3O3. The lowest BCUT2D eigenvalue weighted by Gasteiger charge is -2.06. The molecule has 0 saturated heterocycles. The van der Waals surface area contributed by atoms with Crippen LogP contribution in [0.4, 0.5) is 0 Å². The largest absolute Gasteiger partial charge is 0.466 e. The maximum absolute atomic E-state index is 12.9. The van der Waals surface area contributed by atoms with E-state index >= 15 is 0 Å². The van der Waals surface area contributed by atoms with Crippen molar-refractivity contribution in [3.63, 3.8) is 0 Å². The molecule has 150 valence electrons. The molecule has 0 spiro atoms. The third-order valence-electron chi connectivity index (χ3n) is 4.42. The second-order valence-electron chi connectivity index (χ2n) is 6.71. The molecule has 1 N–H and O–H groups in total. The number of nitrogens with one attached hydrogen (secondary N) is 1. The van der Waals surface area contributed by atoms with Crippen LogP contribution in [0.5, 0.6) is 0 Å². The molecule has 2 aromatic carbocycles. The van der Waals surface area contributed by atoms with Crippen LogP contribution in [0.25, 0.3) is 16.9 Å². The van der Waals surface area contributed by atoms with Gasteiger partial charge in [-0.3, -0.25) is 9.59 Å². The van der Waals surface area contributed by atoms with Gasteiger partial charge in [0.1, 0.15) is 5.69 Å². The first-order valence-corrected chi connectivity index (χ1v) is 9.74. The normalized spacial score (nSPS) is 10.6. The summed E-state index contributed by atoms with van der Waals surface area (Å²) >= 11 is 0. The van der Waals surface area contributed by atoms with E-state index in [-0.39, 0.29) is 18.3 Å². The minimum Gasteiger partial charge on any atom is -0.466 e. The van der Waals surface area contributed by atoms with E-state index in [4.69, 9.17) is 4.74 Å². The molecule has 0 radical (unpaired) electrons. The summed E-state index contributed by atoms with van der Waals surface area (Å²) in [4.78, 5) is 24.3. The van der Waals surface area contributed by atoms with Crippen molar-refractivity contribution in [3.05, 3.63) is 71.9 Å². The van der Waals surface area contributed by atoms with Crippen molar-refractivity contribution in [1.82, 2.24) is 15.1 Å². The summed E-state index contributed by atoms with van der Waals surface area (Å²) in [5, 5.41) is 7.56. The number of nitrogens with zero attached hydrogens (tertiary/aromatic N) is 2. The summed E-state index contributed by atoms with van der Waals surface area (Å²) in [7, 11) is 0. The molecule has 0 fully saturated rings. The number of carbonyl (C=O) groups is 2. The summed E-state index contributed by atoms with van der Waals surface area (Å²) in [5.41, 5.74) is 3.98. The molecule has 0 aliphatic rings. The lowest BCUT2D eigenvalue weighted by Crippen LogP contribution is -2.25. The van der Waals surface area contributed by atoms with Crippen LogP contribution in [0.2, 0.25) is 0 Å². The molecule has 1 amide bonds. The van der Waals surface area contributed by atoms with Crippen LogP contribution in [0.1, 0.15) is 35.7 Å². The number of aryl methyl sites for hydroxylation is 1. The summed E-state index contributed by atoms with van der Waals surface area (Å²) in [6.07, 6.45) is 2.55. The molecule has 29 heavy (non-hydrogen) atoms. The SMILES string of the molecule is CCOC(=O)CCCNC(=O)c1cn(-c2ccccc2)nc1-c1cccc(C)c1. The lowest BCUT2D eigenvalue weighted by molar-refractivity contribution is -0.143. The molecule has 0 atom stereocenters. The fraction of sp³-hybridized carbons (Fsp3) is 0.261. The Morgan fingerprint density at radius 2 is 1.90 bits per heavy atom. The van der Waals surface area contributed by atoms with Crippen LogP contribution < -0.4 is 5.32 Å². The van der Waals surface area contributed by atoms with Crippen molar-refractivity contribution in [2.24, 2.45) is 0 Å². The third-order valence-corrected chi connectivity index (χ3v) is 4.42. The van der Waals surface area contributed by atoms with Crippen LogP contribution in [0.15, 0.2) is 60.8 Å². The topological polar surface area (TPSA) is 73.2 Å². The van der Waals surface area contributed by atoms with Crippen molar-refractivity contribution < 1.29 is 14.3 Å². The maximum atomic E-state index is 12.9. The molecule has 0 aliphatic heterocycles. The molecule has 6 nitrogen and oxygen atoms in total. The Hall–Kier alpha value is -3.41. The van der Waals surface area contributed by atoms with E-state index in [0.717, 1.165) is 16.8 Å². The van der Waals surface area contributed by atoms with Gasteiger partial charge in [-0.05, 0) is 38.5 Å². The predicted molar refractivity (Wildman–Crippen MR) is 112 cm³/mol. The van der Waals surface area contributed by atoms with Gasteiger partial charge in [0.25, 0.3) is 5.91 Å². The quantitative estimate of drug-likeness (QED) is 0.467. The van der Waals surface area contributed by atoms with E-state index in [2.05, 4.69) is 10.4 Å². The Morgan fingerprint density at radius 3 is 2.62 bits per heavy atom. The first-order chi connectivity index (χ1) is 14.1. The van der Waals surface area contributed by atoms with Gasteiger partial charge in [0.05, 0.1) is 17.9 Å². The number of hydrogen-bond acceptors (Lipinski definition) is 4. The summed E-state index contributed by atoms with van der Waals surface area (Å²) in [6, 6.07) is 17.6. The number of carbonyl (C=O) groups excluding carboxylic acids is 2. The Bertz CT molecular complexity index is 980. The van der Waals surface area contributed by atoms with Gasteiger partial charge in [-0.25, -0.2) is 4.68 Å². The highest BCUT2D eigenvalue weighted by molar-refractivity contribution is 6.00. The molecule has 1 aromatic heterocycles. The van der Waals surface area contributed by atoms with Crippen LogP contribution in [-0.4, -0.2) is 34.8 Å². The first-order valence-electron chi connectivity index (χ1n) is 9.74. The fourth-order valence-electron chi connectivity index (χ4n) is 3.02. The number of esters is 1. The minimum atomic E-state index is -0.251. The average Bonchev–Trinajstić information content (AvgIpc) is 3.18. The van der Waals surface area contributed by atoms with Crippen LogP contribution >= 0.6 is 0 Å². The molecule has 3 rings (SSSR count). The Labute approximate surface area is 170 Å². The van der Waals surface area contributed by atoms with E-state index in [0.29, 0.717) is 30.8 Å². The average molecular weight is 391 g/mol. The number of rotatable bonds is 8. The van der Waals surface area contributed by atoms with Crippen LogP contribution in [0.3, 0.4) is 0 Å². The summed E-state index contributed by atoms with van der Waals surface area (Å²) < 4.78 is 6.62. The highest BCUT2D eigenvalue weighted by Gasteiger charge is 2.18. The molecule has 0 unspecified atom stereocenters. The van der Waals surface area contributed by atoms with Crippen molar-refractivity contribution in [2.75, 3.05) is 13.2 Å². The van der Waals surface area contributed by atoms with Crippen molar-refractivity contribution in [2.45, 2.75) is 26.7 Å². The summed E-state index contributed by atoms with van der Waals surface area (Å²) in [5.74, 6) is -0.466. The number of aromatic nitrogens is 2. The predicted octanol–water partition coefficient (Wildman–Crippen LogP) is 3.92. The number of hydrogen-bond donors (Lipinski definition) is 1. The molecule has 0 bridgehead atoms. The van der Waals surface area contributed by atoms with Gasteiger partial charge >= 0.3 is 5.97 Å². The maximum Gasteiger partial charge on any atom is 0.305 e. The second kappa shape index (κ2) is 9.68. The van der Waals surface area contributed by atoms with Gasteiger partial charge in [0.15, 0.2) is 0 Å². The van der Waals surface area contributed by atoms with Gasteiger partial charge in [-0.15, -0.1) is 0 Å². The Kier molecular flexibility index (Phi) is 6.79. The zero-order chi connectivity index (χ0) is 20.6. The van der Waals surface area contributed by atoms with Gasteiger partial charge < -0.3 is 10.1 Å². The van der Waals surface area contributed by atoms with Crippen LogP contribution in [0, 0.1) is 6.92 Å². The zero-order valence-corrected chi connectivity index (χ0v) is 16.7. The highest BCUT2D eigenvalue weighted by atomic mass is 16.5. The summed E-state index contributed by atoms with van der Waals surface area (Å²) in [6.45, 7) is 4.54. The van der Waals surface area contributed by atoms with Crippen molar-refractivity contribution in [1.29, 1.82) is 0 Å². The third kappa shape index (κ3) is 5.31. The van der Waals surface area contributed by atoms with Crippen molar-refractivity contribution >= 4 is 11.9 Å². The Balaban J connectivity index is 1.81. The minimum absolute atomic E-state index is 0.215. The van der Waals surface area contributed by atoms with E-state index in [1.807, 2.05) is 61.5 Å². The zero-order valence-electron chi connectivity index (χ0n) is 16.7. The highest BCUT2D eigenvalue weighted by Crippen LogP contribution is 2.24. The van der Waals surface area contributed by atoms with Gasteiger partial charge in [0.2, 0.25) is 0 Å². The molecule has 1 heterocycles. The Morgan fingerprint density at radius 1 is 1.10 bits per heavy atom. The van der Waals surface area contributed by atoms with E-state index < -0.39 is 0 Å². The molecule has 0 aliphatic carbocycles. The second-order valence-corrected chi connectivity index (χ2v) is 6.71. The number of benzene rings is 2.